The molecule has 1 aliphatic rings. The highest BCUT2D eigenvalue weighted by Crippen LogP contribution is 2.34. The minimum atomic E-state index is -1.15. The summed E-state index contributed by atoms with van der Waals surface area (Å²) in [5.41, 5.74) is 1.02. The van der Waals surface area contributed by atoms with Crippen molar-refractivity contribution in [1.82, 2.24) is 5.32 Å². The summed E-state index contributed by atoms with van der Waals surface area (Å²) < 4.78 is 18.5. The molecule has 0 spiro atoms. The van der Waals surface area contributed by atoms with E-state index in [2.05, 4.69) is 5.32 Å². The summed E-state index contributed by atoms with van der Waals surface area (Å²) >= 11 is 0. The van der Waals surface area contributed by atoms with Gasteiger partial charge in [-0.25, -0.2) is 18.8 Å². The normalized spacial score (nSPS) is 16.6. The van der Waals surface area contributed by atoms with Gasteiger partial charge in [-0.1, -0.05) is 18.2 Å². The van der Waals surface area contributed by atoms with Gasteiger partial charge in [0.15, 0.2) is 0 Å². The second-order valence-electron chi connectivity index (χ2n) is 6.12. The second kappa shape index (κ2) is 7.51. The highest BCUT2D eigenvalue weighted by atomic mass is 19.1. The molecule has 0 radical (unpaired) electrons. The summed E-state index contributed by atoms with van der Waals surface area (Å²) in [6, 6.07) is 9.81. The molecule has 1 heterocycles. The zero-order valence-electron chi connectivity index (χ0n) is 15.1. The largest absolute Gasteiger partial charge is 0.478 e. The third-order valence-corrected chi connectivity index (χ3v) is 4.42. The van der Waals surface area contributed by atoms with Gasteiger partial charge in [0.1, 0.15) is 5.82 Å². The average molecular weight is 384 g/mol. The number of nitrogens with zero attached hydrogens (tertiary/aromatic N) is 1. The number of allylic oxidation sites excluding steroid dienone is 1. The Hall–Kier alpha value is -3.68. The molecule has 2 aromatic rings. The Bertz CT molecular complexity index is 1000. The zero-order valence-corrected chi connectivity index (χ0v) is 15.1. The molecule has 28 heavy (non-hydrogen) atoms. The van der Waals surface area contributed by atoms with Crippen molar-refractivity contribution in [2.45, 2.75) is 13.0 Å². The van der Waals surface area contributed by atoms with Crippen LogP contribution < -0.4 is 10.2 Å². The van der Waals surface area contributed by atoms with Gasteiger partial charge < -0.3 is 15.2 Å². The van der Waals surface area contributed by atoms with Crippen molar-refractivity contribution in [2.24, 2.45) is 0 Å². The van der Waals surface area contributed by atoms with Crippen molar-refractivity contribution in [1.29, 1.82) is 0 Å². The molecule has 2 aromatic carbocycles. The smallest absolute Gasteiger partial charge is 0.337 e. The number of carboxylic acids is 1. The molecule has 8 heteroatoms. The van der Waals surface area contributed by atoms with Crippen molar-refractivity contribution < 1.29 is 28.6 Å². The molecule has 0 saturated heterocycles. The minimum absolute atomic E-state index is 0.00929. The molecule has 7 nitrogen and oxygen atoms in total. The minimum Gasteiger partial charge on any atom is -0.478 e. The number of methoxy groups -OCH3 is 1. The molecule has 0 bridgehead atoms. The maximum absolute atomic E-state index is 13.7. The Balaban J connectivity index is 2.15. The molecular formula is C20H17FN2O5. The summed E-state index contributed by atoms with van der Waals surface area (Å²) in [5.74, 6) is -2.34. The van der Waals surface area contributed by atoms with Crippen molar-refractivity contribution in [2.75, 3.05) is 12.0 Å². The number of nitrogens with one attached hydrogen (secondary N) is 1. The molecule has 3 rings (SSSR count). The van der Waals surface area contributed by atoms with E-state index in [0.717, 1.165) is 0 Å². The van der Waals surface area contributed by atoms with Crippen molar-refractivity contribution in [3.63, 3.8) is 0 Å². The molecule has 1 atom stereocenters. The maximum Gasteiger partial charge on any atom is 0.337 e. The first kappa shape index (κ1) is 19.1. The molecule has 144 valence electrons. The Kier molecular flexibility index (Phi) is 5.12. The fourth-order valence-corrected chi connectivity index (χ4v) is 3.14. The van der Waals surface area contributed by atoms with Gasteiger partial charge >= 0.3 is 18.0 Å². The van der Waals surface area contributed by atoms with Gasteiger partial charge in [-0.3, -0.25) is 4.90 Å². The van der Waals surface area contributed by atoms with E-state index in [1.54, 1.807) is 19.1 Å². The number of carbonyl (C=O) groups is 3. The van der Waals surface area contributed by atoms with Crippen LogP contribution in [0.15, 0.2) is 59.8 Å². The van der Waals surface area contributed by atoms with E-state index in [1.165, 1.54) is 48.4 Å². The van der Waals surface area contributed by atoms with Crippen LogP contribution in [0, 0.1) is 5.82 Å². The van der Waals surface area contributed by atoms with Gasteiger partial charge in [-0.15, -0.1) is 0 Å². The highest BCUT2D eigenvalue weighted by molar-refractivity contribution is 6.03. The fourth-order valence-electron chi connectivity index (χ4n) is 3.14. The SMILES string of the molecule is COC(=O)C1=C(C)N(c2cccc(C(=O)O)c2)C(=O)N[C@H]1c1cccc(F)c1. The van der Waals surface area contributed by atoms with E-state index < -0.39 is 29.8 Å². The fraction of sp³-hybridized carbons (Fsp3) is 0.150. The van der Waals surface area contributed by atoms with Crippen LogP contribution in [0.3, 0.4) is 0 Å². The summed E-state index contributed by atoms with van der Waals surface area (Å²) in [6.45, 7) is 1.55. The third-order valence-electron chi connectivity index (χ3n) is 4.42. The van der Waals surface area contributed by atoms with Gasteiger partial charge in [0, 0.05) is 5.70 Å². The molecule has 2 amide bonds. The average Bonchev–Trinajstić information content (AvgIpc) is 2.67. The van der Waals surface area contributed by atoms with Crippen LogP contribution in [0.1, 0.15) is 28.9 Å². The molecule has 0 fully saturated rings. The van der Waals surface area contributed by atoms with Crippen LogP contribution in [0.2, 0.25) is 0 Å². The molecule has 2 N–H and O–H groups in total. The van der Waals surface area contributed by atoms with E-state index in [4.69, 9.17) is 4.74 Å². The zero-order chi connectivity index (χ0) is 20.4. The Labute approximate surface area is 160 Å². The molecule has 0 aliphatic carbocycles. The lowest BCUT2D eigenvalue weighted by molar-refractivity contribution is -0.136. The van der Waals surface area contributed by atoms with Crippen LogP contribution in [-0.4, -0.2) is 30.2 Å². The third kappa shape index (κ3) is 3.44. The highest BCUT2D eigenvalue weighted by Gasteiger charge is 2.37. The topological polar surface area (TPSA) is 95.9 Å². The lowest BCUT2D eigenvalue weighted by Gasteiger charge is -2.35. The number of ether oxygens (including phenoxy) is 1. The number of rotatable bonds is 4. The molecule has 1 aliphatic heterocycles. The van der Waals surface area contributed by atoms with Crippen LogP contribution in [0.5, 0.6) is 0 Å². The number of urea groups is 1. The summed E-state index contributed by atoms with van der Waals surface area (Å²) in [5, 5.41) is 11.9. The Morgan fingerprint density at radius 3 is 2.54 bits per heavy atom. The van der Waals surface area contributed by atoms with E-state index in [-0.39, 0.29) is 22.5 Å². The number of carbonyl (C=O) groups excluding carboxylic acids is 2. The van der Waals surface area contributed by atoms with E-state index in [0.29, 0.717) is 5.56 Å². The summed E-state index contributed by atoms with van der Waals surface area (Å²) in [6.07, 6.45) is 0. The van der Waals surface area contributed by atoms with Gasteiger partial charge in [0.05, 0.1) is 30.0 Å². The van der Waals surface area contributed by atoms with Gasteiger partial charge in [0.2, 0.25) is 0 Å². The summed E-state index contributed by atoms with van der Waals surface area (Å²) in [4.78, 5) is 37.7. The number of esters is 1. The number of aromatic carboxylic acids is 1. The first-order valence-corrected chi connectivity index (χ1v) is 8.32. The van der Waals surface area contributed by atoms with Crippen LogP contribution >= 0.6 is 0 Å². The maximum atomic E-state index is 13.7. The number of anilines is 1. The summed E-state index contributed by atoms with van der Waals surface area (Å²) in [7, 11) is 1.21. The number of hydrogen-bond acceptors (Lipinski definition) is 4. The van der Waals surface area contributed by atoms with Crippen molar-refractivity contribution >= 4 is 23.7 Å². The van der Waals surface area contributed by atoms with Crippen molar-refractivity contribution in [3.05, 3.63) is 76.7 Å². The van der Waals surface area contributed by atoms with E-state index in [1.807, 2.05) is 0 Å². The van der Waals surface area contributed by atoms with Gasteiger partial charge in [-0.2, -0.15) is 0 Å². The standard InChI is InChI=1S/C20H17FN2O5/c1-11-16(19(26)28-2)17(12-5-3-7-14(21)9-12)22-20(27)23(11)15-8-4-6-13(10-15)18(24)25/h3-10,17H,1-2H3,(H,22,27)(H,24,25)/t17-/m0/s1. The predicted octanol–water partition coefficient (Wildman–Crippen LogP) is 3.24. The van der Waals surface area contributed by atoms with Crippen LogP contribution in [0.4, 0.5) is 14.9 Å². The first-order chi connectivity index (χ1) is 13.3. The van der Waals surface area contributed by atoms with E-state index >= 15 is 0 Å². The lowest BCUT2D eigenvalue weighted by Crippen LogP contribution is -2.48. The van der Waals surface area contributed by atoms with Gasteiger partial charge in [-0.05, 0) is 42.8 Å². The Morgan fingerprint density at radius 2 is 1.89 bits per heavy atom. The predicted molar refractivity (Wildman–Crippen MR) is 98.3 cm³/mol. The molecule has 0 saturated carbocycles. The number of carboxylic acid groups (broad SMARTS) is 1. The first-order valence-electron chi connectivity index (χ1n) is 8.32. The quantitative estimate of drug-likeness (QED) is 0.789. The Morgan fingerprint density at radius 1 is 1.18 bits per heavy atom. The van der Waals surface area contributed by atoms with E-state index in [9.17, 15) is 23.9 Å². The number of benzene rings is 2. The van der Waals surface area contributed by atoms with Crippen LogP contribution in [-0.2, 0) is 9.53 Å². The molecule has 0 aromatic heterocycles. The molecule has 0 unspecified atom stereocenters. The monoisotopic (exact) mass is 384 g/mol. The van der Waals surface area contributed by atoms with Crippen LogP contribution in [0.25, 0.3) is 0 Å². The number of halogens is 1. The lowest BCUT2D eigenvalue weighted by atomic mass is 9.94. The second-order valence-corrected chi connectivity index (χ2v) is 6.12. The van der Waals surface area contributed by atoms with Gasteiger partial charge in [0.25, 0.3) is 0 Å². The number of amides is 2. The molecular weight excluding hydrogens is 367 g/mol. The van der Waals surface area contributed by atoms with Crippen molar-refractivity contribution in [3.8, 4) is 0 Å². The number of hydrogen-bond donors (Lipinski definition) is 2.